The van der Waals surface area contributed by atoms with Gasteiger partial charge in [0.05, 0.1) is 122 Å². The number of carbonyl (C=O) groups excluding carboxylic acids is 1. The number of nitrogens with one attached hydrogen (secondary N) is 1. The molecule has 12 unspecified atom stereocenters. The molecule has 0 aromatic carbocycles. The monoisotopic (exact) mass is 1670 g/mol. The van der Waals surface area contributed by atoms with Crippen LogP contribution in [0.1, 0.15) is 144 Å². The quantitative estimate of drug-likeness (QED) is 0.0303. The van der Waals surface area contributed by atoms with Crippen molar-refractivity contribution in [3.63, 3.8) is 0 Å². The number of aliphatic hydroxyl groups is 9. The smallest absolute Gasteiger partial charge is 0.472 e. The molecule has 0 spiro atoms. The van der Waals surface area contributed by atoms with Gasteiger partial charge >= 0.3 is 23.5 Å². The van der Waals surface area contributed by atoms with Crippen LogP contribution in [0, 0.1) is 17.3 Å². The van der Waals surface area contributed by atoms with E-state index in [1.54, 1.807) is 20.8 Å². The summed E-state index contributed by atoms with van der Waals surface area (Å²) in [7, 11) is -23.5. The van der Waals surface area contributed by atoms with Gasteiger partial charge in [-0.2, -0.15) is 0 Å². The van der Waals surface area contributed by atoms with Crippen LogP contribution in [0.3, 0.4) is 0 Å². The van der Waals surface area contributed by atoms with Crippen molar-refractivity contribution in [3.05, 3.63) is 0 Å². The molecule has 4 aliphatic rings. The van der Waals surface area contributed by atoms with Gasteiger partial charge in [-0.15, -0.1) is 0 Å². The molecular weight excluding hydrogens is 1550 g/mol. The zero-order valence-electron chi connectivity index (χ0n) is 62.6. The molecule has 4 rings (SSSR count). The molecule has 0 saturated carbocycles. The number of phosphoric acid groups is 4. The minimum Gasteiger partial charge on any atom is -0.778 e. The first kappa shape index (κ1) is 99.7. The maximum Gasteiger partial charge on any atom is 0.472 e. The van der Waals surface area contributed by atoms with Crippen LogP contribution >= 0.6 is 38.9 Å². The number of ether oxygens (including phenoxy) is 10. The molecule has 40 nitrogen and oxygen atoms in total. The van der Waals surface area contributed by atoms with E-state index in [1.807, 2.05) is 0 Å². The minimum absolute atomic E-state index is 0.0250. The lowest BCUT2D eigenvalue weighted by molar-refractivity contribution is -0.282. The topological polar surface area (TPSA) is 579 Å². The van der Waals surface area contributed by atoms with Crippen LogP contribution in [-0.4, -0.2) is 303 Å². The lowest BCUT2D eigenvalue weighted by Crippen LogP contribution is -2.64. The van der Waals surface area contributed by atoms with Gasteiger partial charge < -0.3 is 141 Å². The van der Waals surface area contributed by atoms with Crippen LogP contribution in [0.25, 0.3) is 0 Å². The number of phosphoric ester groups is 4. The normalized spacial score (nSPS) is 31.2. The molecule has 45 heteroatoms. The number of rotatable bonds is 61. The summed E-state index contributed by atoms with van der Waals surface area (Å²) in [5, 5.41) is 92.5. The fourth-order valence-corrected chi connectivity index (χ4v) is 15.5. The van der Waals surface area contributed by atoms with Crippen LogP contribution in [0.2, 0.25) is 0 Å². The van der Waals surface area contributed by atoms with Crippen molar-refractivity contribution >= 4 is 44.8 Å². The highest BCUT2D eigenvalue weighted by Crippen LogP contribution is 2.49. The zero-order chi connectivity index (χ0) is 80.1. The van der Waals surface area contributed by atoms with E-state index >= 15 is 0 Å². The predicted molar refractivity (Wildman–Crippen MR) is 372 cm³/mol. The third-order valence-electron chi connectivity index (χ3n) is 17.9. The van der Waals surface area contributed by atoms with E-state index in [2.05, 4.69) is 5.32 Å². The third-order valence-corrected chi connectivity index (χ3v) is 23.7. The molecule has 4 heterocycles. The van der Waals surface area contributed by atoms with Gasteiger partial charge in [0.15, 0.2) is 18.9 Å². The van der Waals surface area contributed by atoms with Crippen molar-refractivity contribution in [2.45, 2.75) is 248 Å². The standard InChI is InChI=1S/C63H124NO39P5/c1-43(2)104(75,76)103-48-34-44(3)99-52(48)38-97-108(83,84)98-42-63(39-85-22-19-31-94-105(77,78)91-28-16-10-7-13-25-88-60-45(4)54(69)56(71)49(35-65)100-60,40-86-23-20-32-95-106(79,80)92-29-17-11-8-14-26-89-61-46(5)55(70)57(72)50(36-66)101-61)41-87-24-21-33-96-107(81,82)93-30-18-12-9-15-27-90-62-53(64-47(6)68)59(74)58(73)51(37-67)102-62/h43-46,48-62,65-67,69-74H,7-42H2,1-6H3,(H,64,68)(H,75,76)(H,77,78)(H,79,80)(H,81,82)(H,83,84)/p-2/t44-,45?,46?,48?,49?,50?,51?,52+,53?,54+,55+,56-,57-,58-,59+,60+,61+,62+,63?/m0/s1. The molecule has 4 saturated heterocycles. The van der Waals surface area contributed by atoms with Crippen molar-refractivity contribution < 1.29 is 186 Å². The minimum atomic E-state index is -5.35. The Morgan fingerprint density at radius 2 is 0.787 bits per heavy atom. The molecule has 108 heavy (non-hydrogen) atoms. The highest BCUT2D eigenvalue weighted by molar-refractivity contribution is 7.52. The fraction of sp³-hybridized carbons (Fsp3) is 0.984. The Hall–Kier alpha value is -0.700. The Balaban J connectivity index is 1.34. The van der Waals surface area contributed by atoms with E-state index in [0.717, 1.165) is 0 Å². The van der Waals surface area contributed by atoms with E-state index < -0.39 is 219 Å². The number of carbonyl (C=O) groups is 1. The summed E-state index contributed by atoms with van der Waals surface area (Å²) in [6.45, 7) is 3.01. The summed E-state index contributed by atoms with van der Waals surface area (Å²) in [6.07, 6.45) is -10.5. The molecule has 0 aromatic rings. The summed E-state index contributed by atoms with van der Waals surface area (Å²) < 4.78 is 170. The molecule has 0 radical (unpaired) electrons. The molecule has 640 valence electrons. The molecule has 0 aliphatic carbocycles. The van der Waals surface area contributed by atoms with Crippen LogP contribution < -0.4 is 15.1 Å². The number of aliphatic hydroxyl groups excluding tert-OH is 9. The fourth-order valence-electron chi connectivity index (χ4n) is 11.4. The van der Waals surface area contributed by atoms with Gasteiger partial charge in [-0.3, -0.25) is 36.5 Å². The molecule has 13 N–H and O–H groups in total. The van der Waals surface area contributed by atoms with Gasteiger partial charge in [-0.1, -0.05) is 66.2 Å². The first-order chi connectivity index (χ1) is 51.0. The molecule has 4 fully saturated rings. The third kappa shape index (κ3) is 37.7. The van der Waals surface area contributed by atoms with Gasteiger partial charge in [-0.05, 0) is 64.7 Å². The van der Waals surface area contributed by atoms with E-state index in [0.29, 0.717) is 77.0 Å². The molecule has 4 aliphatic heterocycles. The zero-order valence-corrected chi connectivity index (χ0v) is 67.0. The van der Waals surface area contributed by atoms with E-state index in [1.165, 1.54) is 20.8 Å². The van der Waals surface area contributed by atoms with Crippen LogP contribution in [-0.2, 0) is 116 Å². The van der Waals surface area contributed by atoms with Crippen molar-refractivity contribution in [3.8, 4) is 0 Å². The SMILES string of the molecule is CC(=O)NC1[C@H](OCCCCCCOP(=O)(O)OCCCOCC(COCCCOP(=O)(O)OCCCCCCO[C@@H]2OC(CO)[C@H](O)[C@H](O)C2C)(COCCCOP(=O)(O)OCCCCCCO[C@@H]2OC(CO)[C@H](O)[C@H](O)C2C)COP(=O)([O-])OC[C@H]2O[C@@H](C)CC2OP(=O)([O-])C(C)C)OC(CO)[C@H](O)[C@@H]1O. The summed E-state index contributed by atoms with van der Waals surface area (Å²) in [5.74, 6) is -1.62. The molecule has 0 aromatic heterocycles. The maximum atomic E-state index is 13.6. The van der Waals surface area contributed by atoms with Gasteiger partial charge in [-0.25, -0.2) is 13.7 Å². The van der Waals surface area contributed by atoms with E-state index in [-0.39, 0.29) is 105 Å². The van der Waals surface area contributed by atoms with Gasteiger partial charge in [0.1, 0.15) is 62.5 Å². The molecule has 1 amide bonds. The highest BCUT2D eigenvalue weighted by atomic mass is 31.2. The average molecular weight is 1670 g/mol. The average Bonchev–Trinajstić information content (AvgIpc) is 1.12. The summed E-state index contributed by atoms with van der Waals surface area (Å²) in [6, 6.07) is -1.11. The molecular formula is C63H122NO39P5-2. The molecule has 0 bridgehead atoms. The second kappa shape index (κ2) is 51.5. The Bertz CT molecular complexity index is 2620. The van der Waals surface area contributed by atoms with Crippen molar-refractivity contribution in [1.29, 1.82) is 0 Å². The van der Waals surface area contributed by atoms with Crippen LogP contribution in [0.5, 0.6) is 0 Å². The van der Waals surface area contributed by atoms with Gasteiger partial charge in [0.25, 0.3) is 7.82 Å². The van der Waals surface area contributed by atoms with E-state index in [9.17, 15) is 98.0 Å². The number of hydrogen-bond acceptors (Lipinski definition) is 36. The lowest BCUT2D eigenvalue weighted by Gasteiger charge is -2.42. The second-order valence-corrected chi connectivity index (χ2v) is 35.7. The number of amides is 1. The highest BCUT2D eigenvalue weighted by Gasteiger charge is 2.47. The van der Waals surface area contributed by atoms with Gasteiger partial charge in [0, 0.05) is 70.5 Å². The Labute approximate surface area is 631 Å². The largest absolute Gasteiger partial charge is 0.778 e. The summed E-state index contributed by atoms with van der Waals surface area (Å²) in [4.78, 5) is 69.5. The molecule has 23 atom stereocenters. The second-order valence-electron chi connectivity index (χ2n) is 27.6. The van der Waals surface area contributed by atoms with Crippen molar-refractivity contribution in [1.82, 2.24) is 5.32 Å². The predicted octanol–water partition coefficient (Wildman–Crippen LogP) is 1.44. The Morgan fingerprint density at radius 3 is 1.15 bits per heavy atom. The van der Waals surface area contributed by atoms with Crippen LogP contribution in [0.15, 0.2) is 0 Å². The van der Waals surface area contributed by atoms with Gasteiger partial charge in [0.2, 0.25) is 5.91 Å². The maximum absolute atomic E-state index is 13.6. The lowest BCUT2D eigenvalue weighted by atomic mass is 9.92. The number of unbranched alkanes of at least 4 members (excludes halogenated alkanes) is 9. The van der Waals surface area contributed by atoms with E-state index in [4.69, 9.17) is 88.1 Å². The van der Waals surface area contributed by atoms with Crippen LogP contribution in [0.4, 0.5) is 0 Å². The number of hydrogen-bond donors (Lipinski definition) is 13. The summed E-state index contributed by atoms with van der Waals surface area (Å²) >= 11 is 0. The first-order valence-corrected chi connectivity index (χ1v) is 44.4. The van der Waals surface area contributed by atoms with Crippen molar-refractivity contribution in [2.75, 3.05) is 132 Å². The Kier molecular flexibility index (Phi) is 47.5. The Morgan fingerprint density at radius 1 is 0.444 bits per heavy atom. The van der Waals surface area contributed by atoms with Crippen molar-refractivity contribution in [2.24, 2.45) is 17.3 Å². The first-order valence-electron chi connectivity index (χ1n) is 36.8. The summed E-state index contributed by atoms with van der Waals surface area (Å²) in [5.41, 5.74) is -2.51.